The first-order valence-corrected chi connectivity index (χ1v) is 16.2. The molecule has 1 aliphatic heterocycles. The average Bonchev–Trinajstić information content (AvgIpc) is 3.53. The van der Waals surface area contributed by atoms with Crippen LogP contribution in [0.3, 0.4) is 0 Å². The van der Waals surface area contributed by atoms with Crippen molar-refractivity contribution in [3.05, 3.63) is 83.9 Å². The van der Waals surface area contributed by atoms with Crippen molar-refractivity contribution in [2.24, 2.45) is 5.92 Å². The number of ether oxygens (including phenoxy) is 3. The van der Waals surface area contributed by atoms with Crippen LogP contribution in [0.2, 0.25) is 0 Å². The molecule has 0 unspecified atom stereocenters. The maximum atomic E-state index is 13.7. The maximum absolute atomic E-state index is 13.7. The van der Waals surface area contributed by atoms with E-state index in [0.29, 0.717) is 18.8 Å². The smallest absolute Gasteiger partial charge is 0.407 e. The lowest BCUT2D eigenvalue weighted by atomic mass is 9.97. The molecule has 4 rings (SSSR count). The van der Waals surface area contributed by atoms with Gasteiger partial charge in [-0.25, -0.2) is 18.0 Å². The van der Waals surface area contributed by atoms with Crippen LogP contribution in [-0.4, -0.2) is 86.7 Å². The lowest BCUT2D eigenvalue weighted by molar-refractivity contribution is 0.0643. The SMILES string of the molecule is COc1ccc(S(=O)(=O)N(CC(C)C)C[C@@H](O)[C@H](Cc2ccc(-c3ccc(C(=O)O)cc3)cc2)NC(=O)O[C@H]2CCOC2)cc1. The summed E-state index contributed by atoms with van der Waals surface area (Å²) in [6.07, 6.45) is -1.65. The first-order valence-electron chi connectivity index (χ1n) is 14.8. The fourth-order valence-corrected chi connectivity index (χ4v) is 6.65. The fourth-order valence-electron chi connectivity index (χ4n) is 5.03. The van der Waals surface area contributed by atoms with Gasteiger partial charge in [0.15, 0.2) is 0 Å². The quantitative estimate of drug-likeness (QED) is 0.236. The van der Waals surface area contributed by atoms with Crippen molar-refractivity contribution >= 4 is 22.1 Å². The Bertz CT molecular complexity index is 1520. The fraction of sp³-hybridized carbons (Fsp3) is 0.394. The Kier molecular flexibility index (Phi) is 11.6. The molecule has 11 nitrogen and oxygen atoms in total. The molecule has 1 saturated heterocycles. The minimum Gasteiger partial charge on any atom is -0.497 e. The van der Waals surface area contributed by atoms with Crippen molar-refractivity contribution in [3.63, 3.8) is 0 Å². The second-order valence-corrected chi connectivity index (χ2v) is 13.3. The Morgan fingerprint density at radius 2 is 1.60 bits per heavy atom. The predicted molar refractivity (Wildman–Crippen MR) is 168 cm³/mol. The van der Waals surface area contributed by atoms with Gasteiger partial charge < -0.3 is 29.7 Å². The molecule has 12 heteroatoms. The van der Waals surface area contributed by atoms with Crippen molar-refractivity contribution in [1.82, 2.24) is 9.62 Å². The van der Waals surface area contributed by atoms with Crippen LogP contribution in [-0.2, 0) is 25.9 Å². The van der Waals surface area contributed by atoms with Crippen molar-refractivity contribution in [3.8, 4) is 16.9 Å². The molecule has 242 valence electrons. The van der Waals surface area contributed by atoms with Crippen LogP contribution >= 0.6 is 0 Å². The minimum atomic E-state index is -3.99. The molecule has 0 spiro atoms. The van der Waals surface area contributed by atoms with E-state index in [9.17, 15) is 23.1 Å². The Morgan fingerprint density at radius 3 is 2.13 bits per heavy atom. The summed E-state index contributed by atoms with van der Waals surface area (Å²) in [6, 6.07) is 19.1. The van der Waals surface area contributed by atoms with Crippen LogP contribution in [0.15, 0.2) is 77.7 Å². The average molecular weight is 641 g/mol. The van der Waals surface area contributed by atoms with E-state index < -0.39 is 40.3 Å². The third kappa shape index (κ3) is 9.27. The van der Waals surface area contributed by atoms with E-state index in [1.165, 1.54) is 35.7 Å². The molecule has 1 aliphatic rings. The number of carboxylic acid groups (broad SMARTS) is 1. The molecule has 1 heterocycles. The molecule has 3 atom stereocenters. The number of carbonyl (C=O) groups is 2. The summed E-state index contributed by atoms with van der Waals surface area (Å²) >= 11 is 0. The molecule has 0 bridgehead atoms. The Balaban J connectivity index is 1.55. The van der Waals surface area contributed by atoms with Crippen LogP contribution < -0.4 is 10.1 Å². The highest BCUT2D eigenvalue weighted by molar-refractivity contribution is 7.89. The van der Waals surface area contributed by atoms with Gasteiger partial charge in [0.2, 0.25) is 10.0 Å². The first-order chi connectivity index (χ1) is 21.5. The van der Waals surface area contributed by atoms with Gasteiger partial charge in [-0.05, 0) is 65.4 Å². The van der Waals surface area contributed by atoms with E-state index in [-0.39, 0.29) is 42.5 Å². The van der Waals surface area contributed by atoms with E-state index in [2.05, 4.69) is 5.32 Å². The Morgan fingerprint density at radius 1 is 0.978 bits per heavy atom. The molecule has 3 aromatic rings. The first kappa shape index (κ1) is 33.9. The van der Waals surface area contributed by atoms with E-state index in [0.717, 1.165) is 16.7 Å². The molecule has 1 fully saturated rings. The molecule has 3 aromatic carbocycles. The molecule has 0 saturated carbocycles. The summed E-state index contributed by atoms with van der Waals surface area (Å²) < 4.78 is 44.5. The van der Waals surface area contributed by atoms with Crippen molar-refractivity contribution in [2.75, 3.05) is 33.4 Å². The standard InChI is InChI=1S/C33H40N2O9S/c1-22(2)19-35(45(40,41)29-14-12-27(42-3)13-15-29)20-31(36)30(34-33(39)44-28-16-17-43-21-28)18-23-4-6-24(7-5-23)25-8-10-26(11-9-25)32(37)38/h4-15,22,28,30-31,36H,16-21H2,1-3H3,(H,34,39)(H,37,38)/t28-,30-,31+/m0/s1. The number of benzene rings is 3. The summed E-state index contributed by atoms with van der Waals surface area (Å²) in [5.41, 5.74) is 2.66. The van der Waals surface area contributed by atoms with Gasteiger partial charge in [0.25, 0.3) is 0 Å². The monoisotopic (exact) mass is 640 g/mol. The third-order valence-electron chi connectivity index (χ3n) is 7.46. The van der Waals surface area contributed by atoms with Crippen molar-refractivity contribution in [2.45, 2.75) is 49.8 Å². The number of aromatic carboxylic acids is 1. The largest absolute Gasteiger partial charge is 0.497 e. The van der Waals surface area contributed by atoms with Gasteiger partial charge in [-0.1, -0.05) is 50.2 Å². The van der Waals surface area contributed by atoms with Crippen LogP contribution in [0.4, 0.5) is 4.79 Å². The summed E-state index contributed by atoms with van der Waals surface area (Å²) in [5, 5.41) is 23.4. The van der Waals surface area contributed by atoms with E-state index in [1.807, 2.05) is 38.1 Å². The highest BCUT2D eigenvalue weighted by Gasteiger charge is 2.32. The number of hydrogen-bond donors (Lipinski definition) is 3. The van der Waals surface area contributed by atoms with Crippen LogP contribution in [0, 0.1) is 5.92 Å². The lowest BCUT2D eigenvalue weighted by Gasteiger charge is -2.30. The van der Waals surface area contributed by atoms with Gasteiger partial charge in [0.05, 0.1) is 42.9 Å². The molecule has 0 radical (unpaired) electrons. The highest BCUT2D eigenvalue weighted by atomic mass is 32.2. The van der Waals surface area contributed by atoms with Crippen molar-refractivity contribution in [1.29, 1.82) is 0 Å². The molecule has 3 N–H and O–H groups in total. The summed E-state index contributed by atoms with van der Waals surface area (Å²) in [5.74, 6) is -0.527. The normalized spacial score (nSPS) is 16.4. The molecule has 1 amide bonds. The molecule has 45 heavy (non-hydrogen) atoms. The van der Waals surface area contributed by atoms with Crippen molar-refractivity contribution < 1.29 is 42.4 Å². The number of rotatable bonds is 14. The molecule has 0 aliphatic carbocycles. The van der Waals surface area contributed by atoms with Gasteiger partial charge in [0.1, 0.15) is 11.9 Å². The van der Waals surface area contributed by atoms with E-state index in [4.69, 9.17) is 19.3 Å². The number of sulfonamides is 1. The number of amides is 1. The van der Waals surface area contributed by atoms with E-state index in [1.54, 1.807) is 24.3 Å². The number of alkyl carbamates (subject to hydrolysis) is 1. The number of hydrogen-bond acceptors (Lipinski definition) is 8. The topological polar surface area (TPSA) is 152 Å². The number of methoxy groups -OCH3 is 1. The zero-order chi connectivity index (χ0) is 32.6. The molecular formula is C33H40N2O9S. The second kappa shape index (κ2) is 15.3. The number of aliphatic hydroxyl groups excluding tert-OH is 1. The number of aliphatic hydroxyl groups is 1. The molecule has 0 aromatic heterocycles. The Labute approximate surface area is 263 Å². The summed E-state index contributed by atoms with van der Waals surface area (Å²) in [6.45, 7) is 4.43. The zero-order valence-electron chi connectivity index (χ0n) is 25.6. The van der Waals surface area contributed by atoms with Gasteiger partial charge >= 0.3 is 12.1 Å². The maximum Gasteiger partial charge on any atom is 0.407 e. The number of carbonyl (C=O) groups excluding carboxylic acids is 1. The number of nitrogens with zero attached hydrogens (tertiary/aromatic N) is 1. The minimum absolute atomic E-state index is 0.0407. The van der Waals surface area contributed by atoms with Gasteiger partial charge in [-0.3, -0.25) is 0 Å². The second-order valence-electron chi connectivity index (χ2n) is 11.4. The zero-order valence-corrected chi connectivity index (χ0v) is 26.4. The van der Waals surface area contributed by atoms with E-state index >= 15 is 0 Å². The highest BCUT2D eigenvalue weighted by Crippen LogP contribution is 2.24. The van der Waals surface area contributed by atoms with Gasteiger partial charge in [-0.15, -0.1) is 0 Å². The number of carboxylic acids is 1. The van der Waals surface area contributed by atoms with Crippen LogP contribution in [0.1, 0.15) is 36.2 Å². The predicted octanol–water partition coefficient (Wildman–Crippen LogP) is 4.19. The Hall–Kier alpha value is -3.97. The van der Waals surface area contributed by atoms with Crippen LogP contribution in [0.5, 0.6) is 5.75 Å². The summed E-state index contributed by atoms with van der Waals surface area (Å²) in [4.78, 5) is 24.1. The number of nitrogens with one attached hydrogen (secondary N) is 1. The van der Waals surface area contributed by atoms with Gasteiger partial charge in [0, 0.05) is 19.5 Å². The molecular weight excluding hydrogens is 600 g/mol. The van der Waals surface area contributed by atoms with Crippen LogP contribution in [0.25, 0.3) is 11.1 Å². The summed E-state index contributed by atoms with van der Waals surface area (Å²) in [7, 11) is -2.50. The lowest BCUT2D eigenvalue weighted by Crippen LogP contribution is -2.51. The third-order valence-corrected chi connectivity index (χ3v) is 9.31. The van der Waals surface area contributed by atoms with Gasteiger partial charge in [-0.2, -0.15) is 4.31 Å².